The van der Waals surface area contributed by atoms with Gasteiger partial charge in [-0.15, -0.1) is 0 Å². The summed E-state index contributed by atoms with van der Waals surface area (Å²) in [7, 11) is 0. The maximum Gasteiger partial charge on any atom is 0.261 e. The van der Waals surface area contributed by atoms with Crippen molar-refractivity contribution in [3.63, 3.8) is 0 Å². The van der Waals surface area contributed by atoms with Crippen molar-refractivity contribution in [2.75, 3.05) is 18.4 Å². The first-order valence-electron chi connectivity index (χ1n) is 11.3. The molecule has 1 amide bonds. The normalized spacial score (nSPS) is 15.8. The van der Waals surface area contributed by atoms with Gasteiger partial charge in [0.25, 0.3) is 5.92 Å². The molecule has 0 bridgehead atoms. The lowest BCUT2D eigenvalue weighted by Gasteiger charge is -2.22. The third kappa shape index (κ3) is 6.15. The minimum atomic E-state index is -2.70. The number of carbonyl (C=O) groups is 2. The van der Waals surface area contributed by atoms with E-state index in [9.17, 15) is 22.8 Å². The molecule has 0 spiro atoms. The maximum atomic E-state index is 13.7. The molecule has 1 aliphatic heterocycles. The molecule has 0 unspecified atom stereocenters. The molecule has 0 radical (unpaired) electrons. The van der Waals surface area contributed by atoms with E-state index >= 15 is 0 Å². The van der Waals surface area contributed by atoms with Crippen molar-refractivity contribution in [2.24, 2.45) is 5.41 Å². The summed E-state index contributed by atoms with van der Waals surface area (Å²) in [5, 5.41) is 3.15. The molecular weight excluding hydrogens is 475 g/mol. The maximum absolute atomic E-state index is 13.7. The zero-order valence-corrected chi connectivity index (χ0v) is 20.3. The largest absolute Gasteiger partial charge is 0.301 e. The minimum absolute atomic E-state index is 0.0723. The fraction of sp³-hybridized carbons (Fsp3) is 0.346. The van der Waals surface area contributed by atoms with Crippen molar-refractivity contribution in [3.8, 4) is 11.3 Å². The Morgan fingerprint density at radius 3 is 2.43 bits per heavy atom. The van der Waals surface area contributed by atoms with Crippen LogP contribution in [0.3, 0.4) is 0 Å². The van der Waals surface area contributed by atoms with Gasteiger partial charge in [0.15, 0.2) is 10.9 Å². The molecule has 3 aromatic rings. The number of halogens is 3. The highest BCUT2D eigenvalue weighted by atomic mass is 32.1. The van der Waals surface area contributed by atoms with Gasteiger partial charge < -0.3 is 5.32 Å². The quantitative estimate of drug-likeness (QED) is 0.383. The van der Waals surface area contributed by atoms with Crippen molar-refractivity contribution in [3.05, 3.63) is 70.9 Å². The number of hydrogen-bond donors (Lipinski definition) is 1. The van der Waals surface area contributed by atoms with Gasteiger partial charge in [0.2, 0.25) is 5.91 Å². The fourth-order valence-corrected chi connectivity index (χ4v) is 4.99. The molecule has 5 nitrogen and oxygen atoms in total. The van der Waals surface area contributed by atoms with Crippen LogP contribution in [0.2, 0.25) is 0 Å². The van der Waals surface area contributed by atoms with Crippen LogP contribution >= 0.6 is 11.3 Å². The monoisotopic (exact) mass is 501 g/mol. The van der Waals surface area contributed by atoms with Crippen LogP contribution in [0.5, 0.6) is 0 Å². The Morgan fingerprint density at radius 2 is 1.80 bits per heavy atom. The van der Waals surface area contributed by atoms with E-state index in [4.69, 9.17) is 0 Å². The Bertz CT molecular complexity index is 1210. The van der Waals surface area contributed by atoms with Crippen molar-refractivity contribution in [1.29, 1.82) is 0 Å². The Kier molecular flexibility index (Phi) is 7.10. The molecule has 1 saturated heterocycles. The Labute approximate surface area is 206 Å². The number of nitrogens with one attached hydrogen (secondary N) is 1. The molecule has 9 heteroatoms. The van der Waals surface area contributed by atoms with E-state index in [1.807, 2.05) is 30.3 Å². The van der Waals surface area contributed by atoms with Gasteiger partial charge in [-0.25, -0.2) is 18.2 Å². The number of thiazole rings is 1. The number of rotatable bonds is 8. The predicted octanol–water partition coefficient (Wildman–Crippen LogP) is 6.03. The summed E-state index contributed by atoms with van der Waals surface area (Å²) in [5.74, 6) is -3.80. The molecule has 1 N–H and O–H groups in total. The summed E-state index contributed by atoms with van der Waals surface area (Å²) in [4.78, 5) is 32.8. The summed E-state index contributed by atoms with van der Waals surface area (Å²) in [5.41, 5.74) is 0.746. The van der Waals surface area contributed by atoms with Crippen molar-refractivity contribution in [2.45, 2.75) is 39.2 Å². The SMILES string of the molecule is CC(C)(CC(=O)c1ccc(F)cc1)C(=O)Nc1nc(-c2ccccc2)c(CN2CCC(F)(F)C2)s1. The lowest BCUT2D eigenvalue weighted by molar-refractivity contribution is -0.123. The first-order valence-corrected chi connectivity index (χ1v) is 12.1. The molecule has 1 aliphatic rings. The summed E-state index contributed by atoms with van der Waals surface area (Å²) in [6, 6.07) is 14.6. The van der Waals surface area contributed by atoms with Gasteiger partial charge in [-0.05, 0) is 24.3 Å². The third-order valence-corrected chi connectivity index (χ3v) is 6.92. The third-order valence-electron chi connectivity index (χ3n) is 5.96. The van der Waals surface area contributed by atoms with Crippen LogP contribution in [0.1, 0.15) is 41.9 Å². The molecule has 1 fully saturated rings. The summed E-state index contributed by atoms with van der Waals surface area (Å²) >= 11 is 1.25. The number of anilines is 1. The number of ketones is 1. The smallest absolute Gasteiger partial charge is 0.261 e. The second-order valence-electron chi connectivity index (χ2n) is 9.42. The van der Waals surface area contributed by atoms with E-state index in [1.54, 1.807) is 18.7 Å². The number of amides is 1. The molecule has 35 heavy (non-hydrogen) atoms. The van der Waals surface area contributed by atoms with Crippen LogP contribution in [0, 0.1) is 11.2 Å². The van der Waals surface area contributed by atoms with Gasteiger partial charge in [0.05, 0.1) is 17.7 Å². The van der Waals surface area contributed by atoms with Crippen molar-refractivity contribution < 1.29 is 22.8 Å². The van der Waals surface area contributed by atoms with Gasteiger partial charge in [0.1, 0.15) is 5.82 Å². The number of likely N-dealkylation sites (tertiary alicyclic amines) is 1. The minimum Gasteiger partial charge on any atom is -0.301 e. The molecule has 4 rings (SSSR count). The highest BCUT2D eigenvalue weighted by molar-refractivity contribution is 7.16. The standard InChI is InChI=1S/C26H26F3N3O2S/c1-25(2,14-20(33)17-8-10-19(27)11-9-17)23(34)31-24-30-22(18-6-4-3-5-7-18)21(35-24)15-32-13-12-26(28,29)16-32/h3-11H,12-16H2,1-2H3,(H,30,31,34). The van der Waals surface area contributed by atoms with E-state index in [0.717, 1.165) is 10.4 Å². The van der Waals surface area contributed by atoms with E-state index in [1.165, 1.54) is 35.6 Å². The number of alkyl halides is 2. The molecule has 0 aliphatic carbocycles. The van der Waals surface area contributed by atoms with Gasteiger partial charge in [-0.3, -0.25) is 14.5 Å². The van der Waals surface area contributed by atoms with Crippen LogP contribution in [-0.2, 0) is 11.3 Å². The molecule has 2 heterocycles. The molecular formula is C26H26F3N3O2S. The zero-order chi connectivity index (χ0) is 25.2. The molecule has 2 aromatic carbocycles. The van der Waals surface area contributed by atoms with Gasteiger partial charge in [-0.2, -0.15) is 0 Å². The summed E-state index contributed by atoms with van der Waals surface area (Å²) in [6.45, 7) is 3.60. The first kappa shape index (κ1) is 25.1. The highest BCUT2D eigenvalue weighted by Crippen LogP contribution is 2.36. The van der Waals surface area contributed by atoms with E-state index in [-0.39, 0.29) is 31.1 Å². The van der Waals surface area contributed by atoms with Crippen LogP contribution in [-0.4, -0.2) is 40.6 Å². The number of aromatic nitrogens is 1. The van der Waals surface area contributed by atoms with Crippen LogP contribution in [0.4, 0.5) is 18.3 Å². The zero-order valence-electron chi connectivity index (χ0n) is 19.5. The van der Waals surface area contributed by atoms with Gasteiger partial charge in [0, 0.05) is 41.9 Å². The number of benzene rings is 2. The van der Waals surface area contributed by atoms with E-state index in [2.05, 4.69) is 10.3 Å². The molecule has 1 aromatic heterocycles. The van der Waals surface area contributed by atoms with Gasteiger partial charge in [-0.1, -0.05) is 55.5 Å². The Morgan fingerprint density at radius 1 is 1.11 bits per heavy atom. The highest BCUT2D eigenvalue weighted by Gasteiger charge is 2.38. The second kappa shape index (κ2) is 9.91. The van der Waals surface area contributed by atoms with Gasteiger partial charge >= 0.3 is 0 Å². The topological polar surface area (TPSA) is 62.3 Å². The Balaban J connectivity index is 1.51. The number of nitrogens with zero attached hydrogens (tertiary/aromatic N) is 2. The lowest BCUT2D eigenvalue weighted by Crippen LogP contribution is -2.33. The fourth-order valence-electron chi connectivity index (χ4n) is 3.96. The van der Waals surface area contributed by atoms with E-state index < -0.39 is 17.2 Å². The number of Topliss-reactive ketones (excluding diaryl/α,β-unsaturated/α-hetero) is 1. The summed E-state index contributed by atoms with van der Waals surface area (Å²) < 4.78 is 40.6. The van der Waals surface area contributed by atoms with Crippen LogP contribution in [0.15, 0.2) is 54.6 Å². The number of carbonyl (C=O) groups excluding carboxylic acids is 2. The molecule has 0 saturated carbocycles. The molecule has 184 valence electrons. The average Bonchev–Trinajstić information content (AvgIpc) is 3.36. The second-order valence-corrected chi connectivity index (χ2v) is 10.5. The lowest BCUT2D eigenvalue weighted by atomic mass is 9.84. The molecule has 0 atom stereocenters. The van der Waals surface area contributed by atoms with Crippen LogP contribution in [0.25, 0.3) is 11.3 Å². The predicted molar refractivity (Wildman–Crippen MR) is 130 cm³/mol. The summed E-state index contributed by atoms with van der Waals surface area (Å²) in [6.07, 6.45) is -0.247. The first-order chi connectivity index (χ1) is 16.5. The van der Waals surface area contributed by atoms with E-state index in [0.29, 0.717) is 29.5 Å². The van der Waals surface area contributed by atoms with Crippen molar-refractivity contribution in [1.82, 2.24) is 9.88 Å². The number of hydrogen-bond acceptors (Lipinski definition) is 5. The van der Waals surface area contributed by atoms with Crippen molar-refractivity contribution >= 4 is 28.2 Å². The average molecular weight is 502 g/mol. The Hall–Kier alpha value is -3.04. The van der Waals surface area contributed by atoms with Crippen LogP contribution < -0.4 is 5.32 Å².